The van der Waals surface area contributed by atoms with Crippen LogP contribution in [0.15, 0.2) is 30.5 Å². The maximum atomic E-state index is 12.3. The Kier molecular flexibility index (Phi) is 6.01. The summed E-state index contributed by atoms with van der Waals surface area (Å²) in [5.74, 6) is 0.696. The van der Waals surface area contributed by atoms with Gasteiger partial charge in [-0.25, -0.2) is 0 Å². The van der Waals surface area contributed by atoms with E-state index < -0.39 is 0 Å². The first-order chi connectivity index (χ1) is 10.8. The Morgan fingerprint density at radius 3 is 2.68 bits per heavy atom. The molecule has 2 rings (SSSR count). The Labute approximate surface area is 131 Å². The van der Waals surface area contributed by atoms with Crippen LogP contribution < -0.4 is 10.1 Å². The van der Waals surface area contributed by atoms with Gasteiger partial charge in [0.15, 0.2) is 0 Å². The summed E-state index contributed by atoms with van der Waals surface area (Å²) in [7, 11) is 1.63. The van der Waals surface area contributed by atoms with Crippen molar-refractivity contribution in [1.29, 1.82) is 0 Å². The second kappa shape index (κ2) is 8.22. The van der Waals surface area contributed by atoms with E-state index >= 15 is 0 Å². The number of unbranched alkanes of at least 4 members (excludes halogenated alkanes) is 3. The number of aromatic nitrogens is 2. The number of methoxy groups -OCH3 is 1. The minimum Gasteiger partial charge on any atom is -0.497 e. The normalized spacial score (nSPS) is 10.5. The van der Waals surface area contributed by atoms with E-state index in [1.165, 1.54) is 12.8 Å². The number of amides is 1. The highest BCUT2D eigenvalue weighted by Crippen LogP contribution is 2.23. The fourth-order valence-corrected chi connectivity index (χ4v) is 2.28. The lowest BCUT2D eigenvalue weighted by Crippen LogP contribution is -2.24. The van der Waals surface area contributed by atoms with Crippen molar-refractivity contribution < 1.29 is 9.53 Å². The van der Waals surface area contributed by atoms with Gasteiger partial charge in [-0.05, 0) is 30.7 Å². The van der Waals surface area contributed by atoms with Crippen molar-refractivity contribution in [2.75, 3.05) is 13.7 Å². The SMILES string of the molecule is CCCCCCNC(=O)c1cn[nH]c1-c1ccc(OC)cc1. The van der Waals surface area contributed by atoms with E-state index in [1.54, 1.807) is 13.3 Å². The fourth-order valence-electron chi connectivity index (χ4n) is 2.28. The Bertz CT molecular complexity index is 590. The largest absolute Gasteiger partial charge is 0.497 e. The van der Waals surface area contributed by atoms with Crippen molar-refractivity contribution in [3.63, 3.8) is 0 Å². The van der Waals surface area contributed by atoms with Gasteiger partial charge in [0.2, 0.25) is 0 Å². The van der Waals surface area contributed by atoms with Gasteiger partial charge in [-0.1, -0.05) is 26.2 Å². The molecule has 2 aromatic rings. The van der Waals surface area contributed by atoms with E-state index in [0.29, 0.717) is 12.1 Å². The molecule has 0 aliphatic heterocycles. The van der Waals surface area contributed by atoms with Gasteiger partial charge in [-0.2, -0.15) is 5.10 Å². The summed E-state index contributed by atoms with van der Waals surface area (Å²) in [6.45, 7) is 2.87. The first kappa shape index (κ1) is 16.1. The summed E-state index contributed by atoms with van der Waals surface area (Å²) in [4.78, 5) is 12.3. The second-order valence-corrected chi connectivity index (χ2v) is 5.20. The molecule has 5 nitrogen and oxygen atoms in total. The van der Waals surface area contributed by atoms with Crippen molar-refractivity contribution >= 4 is 5.91 Å². The molecule has 118 valence electrons. The van der Waals surface area contributed by atoms with Crippen molar-refractivity contribution in [3.8, 4) is 17.0 Å². The van der Waals surface area contributed by atoms with E-state index in [4.69, 9.17) is 4.74 Å². The van der Waals surface area contributed by atoms with Crippen LogP contribution in [0.1, 0.15) is 43.0 Å². The van der Waals surface area contributed by atoms with Gasteiger partial charge in [0, 0.05) is 12.1 Å². The van der Waals surface area contributed by atoms with Crippen molar-refractivity contribution in [1.82, 2.24) is 15.5 Å². The zero-order chi connectivity index (χ0) is 15.8. The first-order valence-corrected chi connectivity index (χ1v) is 7.72. The number of hydrogen-bond donors (Lipinski definition) is 2. The van der Waals surface area contributed by atoms with E-state index in [1.807, 2.05) is 24.3 Å². The molecular weight excluding hydrogens is 278 g/mol. The van der Waals surface area contributed by atoms with Crippen LogP contribution in [0.5, 0.6) is 5.75 Å². The maximum Gasteiger partial charge on any atom is 0.255 e. The molecule has 0 aliphatic rings. The Morgan fingerprint density at radius 1 is 1.23 bits per heavy atom. The quantitative estimate of drug-likeness (QED) is 0.734. The summed E-state index contributed by atoms with van der Waals surface area (Å²) < 4.78 is 5.14. The minimum atomic E-state index is -0.0870. The van der Waals surface area contributed by atoms with Gasteiger partial charge >= 0.3 is 0 Å². The third-order valence-electron chi connectivity index (χ3n) is 3.58. The second-order valence-electron chi connectivity index (χ2n) is 5.20. The number of nitrogens with zero attached hydrogens (tertiary/aromatic N) is 1. The van der Waals surface area contributed by atoms with Crippen LogP contribution in [0.3, 0.4) is 0 Å². The topological polar surface area (TPSA) is 67.0 Å². The zero-order valence-corrected chi connectivity index (χ0v) is 13.2. The number of carbonyl (C=O) groups excluding carboxylic acids is 1. The predicted molar refractivity (Wildman–Crippen MR) is 87.1 cm³/mol. The van der Waals surface area contributed by atoms with Crippen LogP contribution in [-0.4, -0.2) is 29.8 Å². The zero-order valence-electron chi connectivity index (χ0n) is 13.2. The number of aromatic amines is 1. The number of ether oxygens (including phenoxy) is 1. The van der Waals surface area contributed by atoms with Gasteiger partial charge in [-0.3, -0.25) is 9.89 Å². The monoisotopic (exact) mass is 301 g/mol. The maximum absolute atomic E-state index is 12.3. The van der Waals surface area contributed by atoms with E-state index in [0.717, 1.165) is 29.8 Å². The molecule has 0 bridgehead atoms. The smallest absolute Gasteiger partial charge is 0.255 e. The highest BCUT2D eigenvalue weighted by Gasteiger charge is 2.14. The van der Waals surface area contributed by atoms with Gasteiger partial charge in [-0.15, -0.1) is 0 Å². The number of nitrogens with one attached hydrogen (secondary N) is 2. The van der Waals surface area contributed by atoms with E-state index in [-0.39, 0.29) is 5.91 Å². The third kappa shape index (κ3) is 4.10. The molecule has 0 unspecified atom stereocenters. The highest BCUT2D eigenvalue weighted by atomic mass is 16.5. The van der Waals surface area contributed by atoms with Gasteiger partial charge < -0.3 is 10.1 Å². The van der Waals surface area contributed by atoms with Crippen molar-refractivity contribution in [2.45, 2.75) is 32.6 Å². The molecule has 22 heavy (non-hydrogen) atoms. The predicted octanol–water partition coefficient (Wildman–Crippen LogP) is 3.40. The summed E-state index contributed by atoms with van der Waals surface area (Å²) in [6, 6.07) is 7.54. The average molecular weight is 301 g/mol. The molecule has 0 saturated carbocycles. The summed E-state index contributed by atoms with van der Waals surface area (Å²) in [5, 5.41) is 9.86. The van der Waals surface area contributed by atoms with E-state index in [9.17, 15) is 4.79 Å². The molecule has 1 amide bonds. The molecule has 0 saturated heterocycles. The van der Waals surface area contributed by atoms with E-state index in [2.05, 4.69) is 22.4 Å². The first-order valence-electron chi connectivity index (χ1n) is 7.72. The summed E-state index contributed by atoms with van der Waals surface area (Å²) in [6.07, 6.45) is 6.12. The summed E-state index contributed by atoms with van der Waals surface area (Å²) >= 11 is 0. The number of rotatable bonds is 8. The van der Waals surface area contributed by atoms with Crippen LogP contribution >= 0.6 is 0 Å². The molecule has 2 N–H and O–H groups in total. The number of hydrogen-bond acceptors (Lipinski definition) is 3. The van der Waals surface area contributed by atoms with Crippen LogP contribution in [0, 0.1) is 0 Å². The number of H-pyrrole nitrogens is 1. The van der Waals surface area contributed by atoms with Gasteiger partial charge in [0.1, 0.15) is 5.75 Å². The number of carbonyl (C=O) groups is 1. The average Bonchev–Trinajstić information content (AvgIpc) is 3.04. The molecule has 1 aromatic carbocycles. The number of benzene rings is 1. The molecular formula is C17H23N3O2. The minimum absolute atomic E-state index is 0.0870. The van der Waals surface area contributed by atoms with Crippen LogP contribution in [0.2, 0.25) is 0 Å². The van der Waals surface area contributed by atoms with Crippen molar-refractivity contribution in [3.05, 3.63) is 36.0 Å². The molecule has 1 heterocycles. The lowest BCUT2D eigenvalue weighted by Gasteiger charge is -2.06. The third-order valence-corrected chi connectivity index (χ3v) is 3.58. The molecule has 0 spiro atoms. The molecule has 0 aliphatic carbocycles. The van der Waals surface area contributed by atoms with Crippen molar-refractivity contribution in [2.24, 2.45) is 0 Å². The Balaban J connectivity index is 2.00. The molecule has 1 aromatic heterocycles. The van der Waals surface area contributed by atoms with Crippen LogP contribution in [-0.2, 0) is 0 Å². The molecule has 0 radical (unpaired) electrons. The fraction of sp³-hybridized carbons (Fsp3) is 0.412. The standard InChI is InChI=1S/C17H23N3O2/c1-3-4-5-6-11-18-17(21)15-12-19-20-16(15)13-7-9-14(22-2)10-8-13/h7-10,12H,3-6,11H2,1-2H3,(H,18,21)(H,19,20). The molecule has 0 fully saturated rings. The lowest BCUT2D eigenvalue weighted by atomic mass is 10.1. The Morgan fingerprint density at radius 2 is 2.00 bits per heavy atom. The lowest BCUT2D eigenvalue weighted by molar-refractivity contribution is 0.0953. The highest BCUT2D eigenvalue weighted by molar-refractivity contribution is 5.99. The van der Waals surface area contributed by atoms with Crippen LogP contribution in [0.4, 0.5) is 0 Å². The Hall–Kier alpha value is -2.30. The van der Waals surface area contributed by atoms with Crippen LogP contribution in [0.25, 0.3) is 11.3 Å². The van der Waals surface area contributed by atoms with Gasteiger partial charge in [0.05, 0.1) is 24.6 Å². The molecule has 5 heteroatoms. The summed E-state index contributed by atoms with van der Waals surface area (Å²) in [5.41, 5.74) is 2.21. The van der Waals surface area contributed by atoms with Gasteiger partial charge in [0.25, 0.3) is 5.91 Å². The molecule has 0 atom stereocenters.